The quantitative estimate of drug-likeness (QED) is 0.733. The van der Waals surface area contributed by atoms with Gasteiger partial charge >= 0.3 is 0 Å². The van der Waals surface area contributed by atoms with E-state index in [1.807, 2.05) is 30.3 Å². The van der Waals surface area contributed by atoms with E-state index >= 15 is 0 Å². The van der Waals surface area contributed by atoms with E-state index in [-0.39, 0.29) is 10.4 Å². The molecule has 0 aliphatic heterocycles. The SMILES string of the molecule is O=C(S)CC(S)Cc1ccccc1. The summed E-state index contributed by atoms with van der Waals surface area (Å²) in [5.41, 5.74) is 1.21. The first kappa shape index (κ1) is 10.7. The fourth-order valence-electron chi connectivity index (χ4n) is 1.16. The fourth-order valence-corrected chi connectivity index (χ4v) is 1.90. The van der Waals surface area contributed by atoms with Crippen LogP contribution in [-0.4, -0.2) is 10.4 Å². The summed E-state index contributed by atoms with van der Waals surface area (Å²) < 4.78 is 0. The van der Waals surface area contributed by atoms with E-state index in [9.17, 15) is 4.79 Å². The molecule has 3 heteroatoms. The van der Waals surface area contributed by atoms with Crippen molar-refractivity contribution in [2.24, 2.45) is 0 Å². The molecule has 1 nitrogen and oxygen atoms in total. The molecule has 0 bridgehead atoms. The van der Waals surface area contributed by atoms with E-state index in [4.69, 9.17) is 0 Å². The highest BCUT2D eigenvalue weighted by atomic mass is 32.1. The van der Waals surface area contributed by atoms with Crippen LogP contribution < -0.4 is 0 Å². The van der Waals surface area contributed by atoms with Crippen molar-refractivity contribution in [2.45, 2.75) is 18.1 Å². The minimum Gasteiger partial charge on any atom is -0.287 e. The van der Waals surface area contributed by atoms with Crippen LogP contribution in [0.2, 0.25) is 0 Å². The second kappa shape index (κ2) is 5.35. The van der Waals surface area contributed by atoms with Gasteiger partial charge in [0.1, 0.15) is 0 Å². The minimum atomic E-state index is -0.101. The molecule has 1 aromatic carbocycles. The Morgan fingerprint density at radius 1 is 1.31 bits per heavy atom. The molecule has 0 aromatic heterocycles. The molecule has 0 aliphatic carbocycles. The molecule has 0 saturated carbocycles. The molecule has 0 amide bonds. The average molecular weight is 212 g/mol. The van der Waals surface area contributed by atoms with Crippen molar-refractivity contribution < 1.29 is 4.79 Å². The van der Waals surface area contributed by atoms with Gasteiger partial charge in [-0.3, -0.25) is 4.79 Å². The fraction of sp³-hybridized carbons (Fsp3) is 0.300. The van der Waals surface area contributed by atoms with Gasteiger partial charge in [-0.1, -0.05) is 30.3 Å². The number of hydrogen-bond acceptors (Lipinski definition) is 2. The third-order valence-corrected chi connectivity index (χ3v) is 2.27. The minimum absolute atomic E-state index is 0.0763. The van der Waals surface area contributed by atoms with E-state index in [2.05, 4.69) is 25.3 Å². The highest BCUT2D eigenvalue weighted by Crippen LogP contribution is 2.11. The Balaban J connectivity index is 2.45. The van der Waals surface area contributed by atoms with Gasteiger partial charge in [-0.2, -0.15) is 12.6 Å². The van der Waals surface area contributed by atoms with Crippen LogP contribution in [0.1, 0.15) is 12.0 Å². The van der Waals surface area contributed by atoms with Crippen molar-refractivity contribution in [3.8, 4) is 0 Å². The first-order chi connectivity index (χ1) is 6.18. The maximum atomic E-state index is 10.7. The molecular formula is C10H12OS2. The molecule has 0 saturated heterocycles. The van der Waals surface area contributed by atoms with Crippen LogP contribution in [0.5, 0.6) is 0 Å². The Bertz CT molecular complexity index is 272. The topological polar surface area (TPSA) is 17.1 Å². The lowest BCUT2D eigenvalue weighted by atomic mass is 10.1. The third-order valence-electron chi connectivity index (χ3n) is 1.72. The summed E-state index contributed by atoms with van der Waals surface area (Å²) in [6, 6.07) is 10.0. The first-order valence-corrected chi connectivity index (χ1v) is 5.08. The van der Waals surface area contributed by atoms with Crippen molar-refractivity contribution in [1.29, 1.82) is 0 Å². The summed E-state index contributed by atoms with van der Waals surface area (Å²) in [5.74, 6) is 0. The second-order valence-corrected chi connectivity index (χ2v) is 4.17. The van der Waals surface area contributed by atoms with Crippen molar-refractivity contribution in [3.05, 3.63) is 35.9 Å². The van der Waals surface area contributed by atoms with Crippen LogP contribution >= 0.6 is 25.3 Å². The van der Waals surface area contributed by atoms with Crippen molar-refractivity contribution in [3.63, 3.8) is 0 Å². The largest absolute Gasteiger partial charge is 0.287 e. The van der Waals surface area contributed by atoms with Gasteiger partial charge in [-0.15, -0.1) is 12.6 Å². The summed E-state index contributed by atoms with van der Waals surface area (Å²) in [6.07, 6.45) is 1.23. The zero-order chi connectivity index (χ0) is 9.68. The lowest BCUT2D eigenvalue weighted by Gasteiger charge is -2.07. The summed E-state index contributed by atoms with van der Waals surface area (Å²) in [7, 11) is 0. The van der Waals surface area contributed by atoms with Gasteiger partial charge in [-0.25, -0.2) is 0 Å². The molecule has 0 heterocycles. The van der Waals surface area contributed by atoms with E-state index in [0.29, 0.717) is 6.42 Å². The zero-order valence-corrected chi connectivity index (χ0v) is 8.97. The number of hydrogen-bond donors (Lipinski definition) is 2. The van der Waals surface area contributed by atoms with Gasteiger partial charge < -0.3 is 0 Å². The maximum Gasteiger partial charge on any atom is 0.187 e. The van der Waals surface area contributed by atoms with Gasteiger partial charge in [0.15, 0.2) is 5.12 Å². The van der Waals surface area contributed by atoms with Crippen LogP contribution in [0.4, 0.5) is 0 Å². The predicted molar refractivity (Wildman–Crippen MR) is 61.5 cm³/mol. The second-order valence-electron chi connectivity index (χ2n) is 2.94. The van der Waals surface area contributed by atoms with Crippen LogP contribution in [0, 0.1) is 0 Å². The Hall–Kier alpha value is -0.410. The van der Waals surface area contributed by atoms with Crippen molar-refractivity contribution >= 4 is 30.4 Å². The normalized spacial score (nSPS) is 12.5. The van der Waals surface area contributed by atoms with Crippen molar-refractivity contribution in [1.82, 2.24) is 0 Å². The standard InChI is InChI=1S/C10H12OS2/c11-10(13)7-9(12)6-8-4-2-1-3-5-8/h1-5,9,12H,6-7H2,(H,11,13). The maximum absolute atomic E-state index is 10.7. The van der Waals surface area contributed by atoms with Crippen molar-refractivity contribution in [2.75, 3.05) is 0 Å². The Morgan fingerprint density at radius 3 is 2.46 bits per heavy atom. The van der Waals surface area contributed by atoms with E-state index in [0.717, 1.165) is 6.42 Å². The summed E-state index contributed by atoms with van der Waals surface area (Å²) in [5, 5.41) is -0.0247. The third kappa shape index (κ3) is 4.39. The van der Waals surface area contributed by atoms with E-state index in [1.54, 1.807) is 0 Å². The summed E-state index contributed by atoms with van der Waals surface area (Å²) in [6.45, 7) is 0. The predicted octanol–water partition coefficient (Wildman–Crippen LogP) is 2.37. The molecule has 0 radical (unpaired) electrons. The van der Waals surface area contributed by atoms with Crippen LogP contribution in [0.15, 0.2) is 30.3 Å². The molecule has 1 aromatic rings. The monoisotopic (exact) mass is 212 g/mol. The van der Waals surface area contributed by atoms with Gasteiger partial charge in [0.05, 0.1) is 0 Å². The molecular weight excluding hydrogens is 200 g/mol. The van der Waals surface area contributed by atoms with Crippen LogP contribution in [-0.2, 0) is 11.2 Å². The number of thiol groups is 2. The number of carbonyl (C=O) groups excluding carboxylic acids is 1. The molecule has 1 unspecified atom stereocenters. The molecule has 0 N–H and O–H groups in total. The average Bonchev–Trinajstić information content (AvgIpc) is 2.04. The lowest BCUT2D eigenvalue weighted by Crippen LogP contribution is -2.07. The molecule has 70 valence electrons. The van der Waals surface area contributed by atoms with Gasteiger partial charge in [-0.05, 0) is 12.0 Å². The van der Waals surface area contributed by atoms with Crippen LogP contribution in [0.25, 0.3) is 0 Å². The zero-order valence-electron chi connectivity index (χ0n) is 7.18. The molecule has 0 aliphatic rings. The number of carbonyl (C=O) groups is 1. The molecule has 13 heavy (non-hydrogen) atoms. The lowest BCUT2D eigenvalue weighted by molar-refractivity contribution is -0.110. The summed E-state index contributed by atoms with van der Waals surface area (Å²) in [4.78, 5) is 10.7. The Morgan fingerprint density at radius 2 is 1.92 bits per heavy atom. The Kier molecular flexibility index (Phi) is 4.39. The smallest absolute Gasteiger partial charge is 0.187 e. The van der Waals surface area contributed by atoms with E-state index in [1.165, 1.54) is 5.56 Å². The number of benzene rings is 1. The Labute approximate surface area is 89.4 Å². The van der Waals surface area contributed by atoms with Crippen LogP contribution in [0.3, 0.4) is 0 Å². The van der Waals surface area contributed by atoms with Gasteiger partial charge in [0, 0.05) is 11.7 Å². The molecule has 1 rings (SSSR count). The van der Waals surface area contributed by atoms with Gasteiger partial charge in [0.2, 0.25) is 0 Å². The molecule has 0 spiro atoms. The van der Waals surface area contributed by atoms with E-state index < -0.39 is 0 Å². The highest BCUT2D eigenvalue weighted by molar-refractivity contribution is 7.96. The highest BCUT2D eigenvalue weighted by Gasteiger charge is 2.07. The molecule has 0 fully saturated rings. The number of rotatable bonds is 4. The summed E-state index contributed by atoms with van der Waals surface area (Å²) >= 11 is 8.03. The first-order valence-electron chi connectivity index (χ1n) is 4.12. The van der Waals surface area contributed by atoms with Gasteiger partial charge in [0.25, 0.3) is 0 Å². The molecule has 1 atom stereocenters.